The molecule has 0 radical (unpaired) electrons. The second kappa shape index (κ2) is 6.64. The van der Waals surface area contributed by atoms with Crippen LogP contribution in [0.1, 0.15) is 47.6 Å². The van der Waals surface area contributed by atoms with E-state index >= 15 is 0 Å². The molecule has 7 heteroatoms. The van der Waals surface area contributed by atoms with Crippen LogP contribution in [0.25, 0.3) is 0 Å². The monoisotopic (exact) mass is 346 g/mol. The fraction of sp³-hybridized carbons (Fsp3) is 0.588. The number of carbonyl (C=O) groups is 1. The summed E-state index contributed by atoms with van der Waals surface area (Å²) >= 11 is 1.45. The standard InChI is InChI=1S/C17H22N4O2S/c1-2-21-16-13(7-19-21)5-6-20(17(22)14-10-24-11-18-14)15(16)9-23-8-12-3-4-12/h7,10-12,15H,2-6,8-9H2,1H3/t15-/m0/s1. The zero-order valence-electron chi connectivity index (χ0n) is 13.9. The zero-order valence-corrected chi connectivity index (χ0v) is 14.7. The number of hydrogen-bond acceptors (Lipinski definition) is 5. The minimum atomic E-state index is -0.0795. The van der Waals surface area contributed by atoms with Gasteiger partial charge >= 0.3 is 0 Å². The predicted molar refractivity (Wildman–Crippen MR) is 91.0 cm³/mol. The Morgan fingerprint density at radius 1 is 1.42 bits per heavy atom. The largest absolute Gasteiger partial charge is 0.379 e. The maximum atomic E-state index is 12.9. The van der Waals surface area contributed by atoms with Crippen LogP contribution in [0.2, 0.25) is 0 Å². The van der Waals surface area contributed by atoms with Gasteiger partial charge in [0.2, 0.25) is 0 Å². The quantitative estimate of drug-likeness (QED) is 0.806. The van der Waals surface area contributed by atoms with Gasteiger partial charge in [-0.2, -0.15) is 5.10 Å². The van der Waals surface area contributed by atoms with Gasteiger partial charge in [0.05, 0.1) is 30.1 Å². The summed E-state index contributed by atoms with van der Waals surface area (Å²) in [5, 5.41) is 6.30. The van der Waals surface area contributed by atoms with Crippen molar-refractivity contribution in [3.63, 3.8) is 0 Å². The molecule has 3 heterocycles. The highest BCUT2D eigenvalue weighted by molar-refractivity contribution is 7.07. The summed E-state index contributed by atoms with van der Waals surface area (Å²) in [5.74, 6) is 0.706. The lowest BCUT2D eigenvalue weighted by molar-refractivity contribution is 0.0342. The molecule has 0 saturated heterocycles. The van der Waals surface area contributed by atoms with Crippen molar-refractivity contribution in [2.45, 2.75) is 38.8 Å². The number of aryl methyl sites for hydroxylation is 1. The topological polar surface area (TPSA) is 60.2 Å². The molecular formula is C17H22N4O2S. The van der Waals surface area contributed by atoms with Crippen LogP contribution in [0, 0.1) is 5.92 Å². The smallest absolute Gasteiger partial charge is 0.273 e. The van der Waals surface area contributed by atoms with Crippen molar-refractivity contribution in [3.8, 4) is 0 Å². The molecule has 2 aromatic heterocycles. The Labute approximate surface area is 145 Å². The highest BCUT2D eigenvalue weighted by atomic mass is 32.1. The van der Waals surface area contributed by atoms with Gasteiger partial charge in [0.1, 0.15) is 5.69 Å². The van der Waals surface area contributed by atoms with E-state index in [1.807, 2.05) is 21.2 Å². The van der Waals surface area contributed by atoms with Crippen LogP contribution in [0.3, 0.4) is 0 Å². The number of amides is 1. The molecule has 0 unspecified atom stereocenters. The van der Waals surface area contributed by atoms with Gasteiger partial charge in [-0.1, -0.05) is 0 Å². The van der Waals surface area contributed by atoms with Gasteiger partial charge in [0, 0.05) is 25.1 Å². The van der Waals surface area contributed by atoms with Crippen LogP contribution in [-0.2, 0) is 17.7 Å². The first-order valence-electron chi connectivity index (χ1n) is 8.59. The molecule has 0 bridgehead atoms. The van der Waals surface area contributed by atoms with Gasteiger partial charge < -0.3 is 9.64 Å². The van der Waals surface area contributed by atoms with E-state index in [-0.39, 0.29) is 11.9 Å². The van der Waals surface area contributed by atoms with E-state index in [9.17, 15) is 4.79 Å². The van der Waals surface area contributed by atoms with Crippen molar-refractivity contribution < 1.29 is 9.53 Å². The third-order valence-electron chi connectivity index (χ3n) is 4.81. The second-order valence-electron chi connectivity index (χ2n) is 6.49. The SMILES string of the molecule is CCn1ncc2c1[C@H](COCC1CC1)N(C(=O)c1cscn1)CC2. The lowest BCUT2D eigenvalue weighted by Crippen LogP contribution is -2.43. The number of aromatic nitrogens is 3. The maximum absolute atomic E-state index is 12.9. The van der Waals surface area contributed by atoms with Crippen LogP contribution in [0.15, 0.2) is 17.1 Å². The molecule has 1 atom stereocenters. The Kier molecular flexibility index (Phi) is 4.37. The Hall–Kier alpha value is -1.73. The molecule has 2 aliphatic rings. The lowest BCUT2D eigenvalue weighted by Gasteiger charge is -2.36. The van der Waals surface area contributed by atoms with E-state index in [4.69, 9.17) is 4.74 Å². The number of hydrogen-bond donors (Lipinski definition) is 0. The van der Waals surface area contributed by atoms with Gasteiger partial charge in [-0.25, -0.2) is 4.98 Å². The molecule has 0 N–H and O–H groups in total. The van der Waals surface area contributed by atoms with Gasteiger partial charge in [-0.3, -0.25) is 9.48 Å². The van der Waals surface area contributed by atoms with Crippen molar-refractivity contribution >= 4 is 17.2 Å². The van der Waals surface area contributed by atoms with E-state index in [1.165, 1.54) is 29.7 Å². The van der Waals surface area contributed by atoms with E-state index in [2.05, 4.69) is 17.0 Å². The number of ether oxygens (including phenoxy) is 1. The summed E-state index contributed by atoms with van der Waals surface area (Å²) in [5.41, 5.74) is 4.60. The molecule has 1 fully saturated rings. The van der Waals surface area contributed by atoms with Crippen molar-refractivity contribution in [2.24, 2.45) is 5.92 Å². The fourth-order valence-electron chi connectivity index (χ4n) is 3.32. The van der Waals surface area contributed by atoms with Gasteiger partial charge in [0.15, 0.2) is 0 Å². The number of fused-ring (bicyclic) bond motifs is 1. The van der Waals surface area contributed by atoms with Crippen LogP contribution in [-0.4, -0.2) is 45.3 Å². The first-order valence-corrected chi connectivity index (χ1v) is 9.53. The van der Waals surface area contributed by atoms with E-state index < -0.39 is 0 Å². The van der Waals surface area contributed by atoms with Crippen LogP contribution in [0.5, 0.6) is 0 Å². The van der Waals surface area contributed by atoms with Crippen molar-refractivity contribution in [3.05, 3.63) is 34.0 Å². The second-order valence-corrected chi connectivity index (χ2v) is 7.21. The predicted octanol–water partition coefficient (Wildman–Crippen LogP) is 2.53. The van der Waals surface area contributed by atoms with Crippen LogP contribution < -0.4 is 0 Å². The summed E-state index contributed by atoms with van der Waals surface area (Å²) < 4.78 is 7.97. The molecule has 1 saturated carbocycles. The number of thiazole rings is 1. The van der Waals surface area contributed by atoms with Crippen LogP contribution >= 0.6 is 11.3 Å². The van der Waals surface area contributed by atoms with E-state index in [1.54, 1.807) is 5.51 Å². The van der Waals surface area contributed by atoms with E-state index in [0.29, 0.717) is 24.8 Å². The van der Waals surface area contributed by atoms with Crippen LogP contribution in [0.4, 0.5) is 0 Å². The summed E-state index contributed by atoms with van der Waals surface area (Å²) in [6, 6.07) is -0.0795. The minimum absolute atomic E-state index is 0.00854. The molecule has 6 nitrogen and oxygen atoms in total. The molecule has 0 aromatic carbocycles. The normalized spacial score (nSPS) is 20.2. The summed E-state index contributed by atoms with van der Waals surface area (Å²) in [6.07, 6.45) is 5.32. The molecule has 1 amide bonds. The Morgan fingerprint density at radius 2 is 2.29 bits per heavy atom. The minimum Gasteiger partial charge on any atom is -0.379 e. The summed E-state index contributed by atoms with van der Waals surface area (Å²) in [7, 11) is 0. The highest BCUT2D eigenvalue weighted by Crippen LogP contribution is 2.33. The third-order valence-corrected chi connectivity index (χ3v) is 5.40. The highest BCUT2D eigenvalue weighted by Gasteiger charge is 2.35. The zero-order chi connectivity index (χ0) is 16.5. The van der Waals surface area contributed by atoms with Crippen molar-refractivity contribution in [1.29, 1.82) is 0 Å². The molecule has 128 valence electrons. The van der Waals surface area contributed by atoms with Crippen molar-refractivity contribution in [1.82, 2.24) is 19.7 Å². The fourth-order valence-corrected chi connectivity index (χ4v) is 3.84. The third kappa shape index (κ3) is 2.98. The maximum Gasteiger partial charge on any atom is 0.273 e. The average Bonchev–Trinajstić information content (AvgIpc) is 3.11. The van der Waals surface area contributed by atoms with Gasteiger partial charge in [-0.05, 0) is 37.7 Å². The number of carbonyl (C=O) groups excluding carboxylic acids is 1. The summed E-state index contributed by atoms with van der Waals surface area (Å²) in [4.78, 5) is 19.0. The molecule has 1 aliphatic heterocycles. The van der Waals surface area contributed by atoms with Gasteiger partial charge in [0.25, 0.3) is 5.91 Å². The first-order chi connectivity index (χ1) is 11.8. The molecular weight excluding hydrogens is 324 g/mol. The average molecular weight is 346 g/mol. The Bertz CT molecular complexity index is 695. The number of nitrogens with zero attached hydrogens (tertiary/aromatic N) is 4. The molecule has 2 aromatic rings. The Morgan fingerprint density at radius 3 is 3.00 bits per heavy atom. The molecule has 1 aliphatic carbocycles. The molecule has 24 heavy (non-hydrogen) atoms. The molecule has 4 rings (SSSR count). The van der Waals surface area contributed by atoms with Crippen molar-refractivity contribution in [2.75, 3.05) is 19.8 Å². The van der Waals surface area contributed by atoms with Gasteiger partial charge in [-0.15, -0.1) is 11.3 Å². The number of rotatable bonds is 6. The summed E-state index contributed by atoms with van der Waals surface area (Å²) in [6.45, 7) is 4.90. The Balaban J connectivity index is 1.60. The lowest BCUT2D eigenvalue weighted by atomic mass is 9.99. The molecule has 0 spiro atoms. The first kappa shape index (κ1) is 15.8. The van der Waals surface area contributed by atoms with E-state index in [0.717, 1.165) is 25.3 Å².